The number of esters is 1. The summed E-state index contributed by atoms with van der Waals surface area (Å²) in [5.41, 5.74) is 8.45. The first-order valence-electron chi connectivity index (χ1n) is 14.2. The molecule has 0 saturated heterocycles. The lowest BCUT2D eigenvalue weighted by Gasteiger charge is -2.18. The molecule has 4 aromatic rings. The number of aromatic nitrogens is 1. The summed E-state index contributed by atoms with van der Waals surface area (Å²) in [6.45, 7) is 2.04. The van der Waals surface area contributed by atoms with Crippen LogP contribution >= 0.6 is 12.4 Å². The van der Waals surface area contributed by atoms with E-state index in [1.807, 2.05) is 72.8 Å². The average Bonchev–Trinajstić information content (AvgIpc) is 3.40. The van der Waals surface area contributed by atoms with E-state index in [0.29, 0.717) is 24.0 Å². The maximum Gasteiger partial charge on any atom is 0.408 e. The molecule has 0 bridgehead atoms. The molecule has 1 heterocycles. The normalized spacial score (nSPS) is 12.0. The summed E-state index contributed by atoms with van der Waals surface area (Å²) >= 11 is 0. The van der Waals surface area contributed by atoms with Gasteiger partial charge in [0, 0.05) is 24.4 Å². The lowest BCUT2D eigenvalue weighted by atomic mass is 10.0. The van der Waals surface area contributed by atoms with Crippen molar-refractivity contribution in [2.24, 2.45) is 5.73 Å². The number of carbonyl (C=O) groups excluding carboxylic acids is 4. The van der Waals surface area contributed by atoms with E-state index < -0.39 is 30.1 Å². The van der Waals surface area contributed by atoms with Crippen molar-refractivity contribution in [1.82, 2.24) is 15.2 Å². The molecule has 0 unspecified atom stereocenters. The molecule has 0 fully saturated rings. The lowest BCUT2D eigenvalue weighted by Crippen LogP contribution is -2.43. The number of nitrogens with two attached hydrogens (primary N) is 1. The van der Waals surface area contributed by atoms with Crippen LogP contribution in [0.1, 0.15) is 41.3 Å². The third-order valence-electron chi connectivity index (χ3n) is 6.83. The number of carbonyl (C=O) groups is 4. The number of benzene rings is 3. The molecule has 44 heavy (non-hydrogen) atoms. The van der Waals surface area contributed by atoms with Crippen molar-refractivity contribution >= 4 is 47.2 Å². The highest BCUT2D eigenvalue weighted by Crippen LogP contribution is 2.24. The zero-order valence-corrected chi connectivity index (χ0v) is 25.3. The van der Waals surface area contributed by atoms with Crippen LogP contribution in [0.3, 0.4) is 0 Å². The molecule has 0 aliphatic heterocycles. The van der Waals surface area contributed by atoms with Crippen LogP contribution in [0.25, 0.3) is 10.9 Å². The molecule has 2 amide bonds. The molecule has 10 nitrogen and oxygen atoms in total. The van der Waals surface area contributed by atoms with Crippen molar-refractivity contribution < 1.29 is 28.7 Å². The Balaban J connectivity index is 0.00000529. The summed E-state index contributed by atoms with van der Waals surface area (Å²) in [6, 6.07) is 23.8. The van der Waals surface area contributed by atoms with Crippen molar-refractivity contribution in [2.45, 2.75) is 51.5 Å². The van der Waals surface area contributed by atoms with Gasteiger partial charge in [-0.15, -0.1) is 12.4 Å². The smallest absolute Gasteiger partial charge is 0.408 e. The first-order chi connectivity index (χ1) is 20.9. The summed E-state index contributed by atoms with van der Waals surface area (Å²) in [4.78, 5) is 51.7. The molecule has 3 aromatic carbocycles. The van der Waals surface area contributed by atoms with Gasteiger partial charge in [-0.25, -0.2) is 9.59 Å². The maximum atomic E-state index is 13.5. The van der Waals surface area contributed by atoms with Gasteiger partial charge in [0.25, 0.3) is 5.91 Å². The number of nitrogens with zero attached hydrogens (tertiary/aromatic N) is 1. The van der Waals surface area contributed by atoms with E-state index >= 15 is 0 Å². The van der Waals surface area contributed by atoms with Crippen LogP contribution in [0.4, 0.5) is 4.79 Å². The third-order valence-corrected chi connectivity index (χ3v) is 6.83. The molecular weight excluding hydrogens is 584 g/mol. The SMILES string of the molecule is C[C@H](NC(=O)OCc1ccccc1)C(=O)n1cc(C[C@H](NC(=O)CCCN)C(=O)OCc2ccccc2)c2ccccc21.Cl. The van der Waals surface area contributed by atoms with Gasteiger partial charge in [0.15, 0.2) is 0 Å². The van der Waals surface area contributed by atoms with E-state index in [2.05, 4.69) is 10.6 Å². The Kier molecular flexibility index (Phi) is 12.9. The summed E-state index contributed by atoms with van der Waals surface area (Å²) < 4.78 is 12.3. The second-order valence-electron chi connectivity index (χ2n) is 10.1. The number of nitrogens with one attached hydrogen (secondary N) is 2. The van der Waals surface area contributed by atoms with Gasteiger partial charge in [0.1, 0.15) is 25.3 Å². The molecule has 4 N–H and O–H groups in total. The van der Waals surface area contributed by atoms with Crippen molar-refractivity contribution in [3.05, 3.63) is 108 Å². The monoisotopic (exact) mass is 620 g/mol. The minimum Gasteiger partial charge on any atom is -0.459 e. The van der Waals surface area contributed by atoms with Gasteiger partial charge in [0.05, 0.1) is 5.52 Å². The Hall–Kier alpha value is -4.67. The second-order valence-corrected chi connectivity index (χ2v) is 10.1. The Morgan fingerprint density at radius 2 is 1.41 bits per heavy atom. The average molecular weight is 621 g/mol. The number of rotatable bonds is 13. The molecule has 4 rings (SSSR count). The first-order valence-corrected chi connectivity index (χ1v) is 14.2. The van der Waals surface area contributed by atoms with Crippen LogP contribution < -0.4 is 16.4 Å². The Bertz CT molecular complexity index is 1540. The molecule has 2 atom stereocenters. The molecule has 0 radical (unpaired) electrons. The number of alkyl carbamates (subject to hydrolysis) is 1. The standard InChI is InChI=1S/C33H36N4O6.ClH/c1-23(35-33(41)43-22-25-13-6-3-7-14-25)31(39)37-20-26(27-15-8-9-16-29(27)37)19-28(36-30(38)17-10-18-34)32(40)42-21-24-11-4-2-5-12-24;/h2-9,11-16,20,23,28H,10,17-19,21-22,34H2,1H3,(H,35,41)(H,36,38);1H/t23-,28-;/m0./s1. The van der Waals surface area contributed by atoms with Crippen molar-refractivity contribution in [3.8, 4) is 0 Å². The highest BCUT2D eigenvalue weighted by molar-refractivity contribution is 5.98. The Labute approximate surface area is 262 Å². The van der Waals surface area contributed by atoms with Crippen molar-refractivity contribution in [1.29, 1.82) is 0 Å². The maximum absolute atomic E-state index is 13.5. The molecule has 0 spiro atoms. The molecule has 232 valence electrons. The molecule has 0 saturated carbocycles. The second kappa shape index (κ2) is 16.8. The van der Waals surface area contributed by atoms with Gasteiger partial charge in [-0.2, -0.15) is 0 Å². The van der Waals surface area contributed by atoms with Crippen LogP contribution in [0.2, 0.25) is 0 Å². The predicted molar refractivity (Wildman–Crippen MR) is 169 cm³/mol. The van der Waals surface area contributed by atoms with Crippen LogP contribution in [0.5, 0.6) is 0 Å². The van der Waals surface area contributed by atoms with E-state index in [4.69, 9.17) is 15.2 Å². The Morgan fingerprint density at radius 3 is 2.05 bits per heavy atom. The minimum absolute atomic E-state index is 0. The van der Waals surface area contributed by atoms with E-state index in [9.17, 15) is 19.2 Å². The zero-order chi connectivity index (χ0) is 30.6. The third kappa shape index (κ3) is 9.42. The lowest BCUT2D eigenvalue weighted by molar-refractivity contribution is -0.149. The van der Waals surface area contributed by atoms with E-state index in [1.54, 1.807) is 25.3 Å². The molecule has 0 aliphatic rings. The van der Waals surface area contributed by atoms with Crippen molar-refractivity contribution in [3.63, 3.8) is 0 Å². The first kappa shape index (κ1) is 33.8. The number of hydrogen-bond acceptors (Lipinski definition) is 7. The highest BCUT2D eigenvalue weighted by Gasteiger charge is 2.27. The number of amides is 2. The highest BCUT2D eigenvalue weighted by atomic mass is 35.5. The van der Waals surface area contributed by atoms with Crippen LogP contribution in [0, 0.1) is 0 Å². The van der Waals surface area contributed by atoms with Crippen LogP contribution in [-0.2, 0) is 38.7 Å². The number of hydrogen-bond donors (Lipinski definition) is 3. The summed E-state index contributed by atoms with van der Waals surface area (Å²) in [6.07, 6.45) is 1.64. The number of halogens is 1. The van der Waals surface area contributed by atoms with E-state index in [1.165, 1.54) is 4.57 Å². The molecule has 1 aromatic heterocycles. The zero-order valence-electron chi connectivity index (χ0n) is 24.4. The molecule has 0 aliphatic carbocycles. The summed E-state index contributed by atoms with van der Waals surface area (Å²) in [7, 11) is 0. The van der Waals surface area contributed by atoms with Gasteiger partial charge in [-0.1, -0.05) is 78.9 Å². The van der Waals surface area contributed by atoms with Crippen molar-refractivity contribution in [2.75, 3.05) is 6.54 Å². The number of fused-ring (bicyclic) bond motifs is 1. The summed E-state index contributed by atoms with van der Waals surface area (Å²) in [5.74, 6) is -1.31. The van der Waals surface area contributed by atoms with Crippen LogP contribution in [0.15, 0.2) is 91.1 Å². The fraction of sp³-hybridized carbons (Fsp3) is 0.273. The number of ether oxygens (including phenoxy) is 2. The van der Waals surface area contributed by atoms with E-state index in [0.717, 1.165) is 16.5 Å². The quantitative estimate of drug-likeness (QED) is 0.187. The fourth-order valence-corrected chi connectivity index (χ4v) is 4.58. The van der Waals surface area contributed by atoms with Gasteiger partial charge < -0.3 is 25.8 Å². The van der Waals surface area contributed by atoms with Gasteiger partial charge >= 0.3 is 12.1 Å². The van der Waals surface area contributed by atoms with Gasteiger partial charge in [0.2, 0.25) is 5.91 Å². The van der Waals surface area contributed by atoms with Crippen LogP contribution in [-0.4, -0.2) is 47.1 Å². The Morgan fingerprint density at radius 1 is 0.818 bits per heavy atom. The number of para-hydroxylation sites is 1. The van der Waals surface area contributed by atoms with E-state index in [-0.39, 0.29) is 44.4 Å². The minimum atomic E-state index is -0.994. The van der Waals surface area contributed by atoms with Gasteiger partial charge in [-0.3, -0.25) is 14.2 Å². The largest absolute Gasteiger partial charge is 0.459 e. The van der Waals surface area contributed by atoms with Gasteiger partial charge in [-0.05, 0) is 42.6 Å². The topological polar surface area (TPSA) is 142 Å². The fourth-order valence-electron chi connectivity index (χ4n) is 4.58. The predicted octanol–water partition coefficient (Wildman–Crippen LogP) is 4.53. The summed E-state index contributed by atoms with van der Waals surface area (Å²) in [5, 5.41) is 6.09. The molecule has 11 heteroatoms. The molecular formula is C33H37ClN4O6.